The zero-order valence-electron chi connectivity index (χ0n) is 10.5. The molecule has 0 radical (unpaired) electrons. The van der Waals surface area contributed by atoms with Gasteiger partial charge in [0.1, 0.15) is 11.6 Å². The molecule has 3 nitrogen and oxygen atoms in total. The highest BCUT2D eigenvalue weighted by molar-refractivity contribution is 9.10. The lowest BCUT2D eigenvalue weighted by atomic mass is 10.1. The van der Waals surface area contributed by atoms with Crippen molar-refractivity contribution >= 4 is 15.9 Å². The first-order valence-electron chi connectivity index (χ1n) is 5.91. The molecule has 1 aromatic carbocycles. The molecule has 1 atom stereocenters. The Hall–Kier alpha value is -1.17. The largest absolute Gasteiger partial charge is 0.453 e. The quantitative estimate of drug-likeness (QED) is 0.914. The Labute approximate surface area is 119 Å². The van der Waals surface area contributed by atoms with E-state index in [9.17, 15) is 9.50 Å². The summed E-state index contributed by atoms with van der Waals surface area (Å²) in [6.45, 7) is 1.05. The molecule has 102 valence electrons. The standard InChI is InChI=1S/C14H15BrFNO2/c1-17(8-12-6-7-14(15)19-12)9-13(18)10-2-4-11(16)5-3-10/h2-7,13,18H,8-9H2,1H3. The number of likely N-dealkylation sites (N-methyl/N-ethyl adjacent to an activating group) is 1. The number of hydrogen-bond donors (Lipinski definition) is 1. The van der Waals surface area contributed by atoms with E-state index >= 15 is 0 Å². The average Bonchev–Trinajstić information content (AvgIpc) is 2.75. The molecular formula is C14H15BrFNO2. The molecule has 2 aromatic rings. The van der Waals surface area contributed by atoms with Crippen LogP contribution in [0.15, 0.2) is 45.5 Å². The summed E-state index contributed by atoms with van der Waals surface area (Å²) >= 11 is 3.25. The van der Waals surface area contributed by atoms with Crippen molar-refractivity contribution in [2.45, 2.75) is 12.6 Å². The van der Waals surface area contributed by atoms with Crippen LogP contribution in [-0.2, 0) is 6.54 Å². The van der Waals surface area contributed by atoms with Crippen molar-refractivity contribution in [3.63, 3.8) is 0 Å². The average molecular weight is 328 g/mol. The molecule has 0 fully saturated rings. The number of aliphatic hydroxyl groups is 1. The van der Waals surface area contributed by atoms with Gasteiger partial charge < -0.3 is 9.52 Å². The highest BCUT2D eigenvalue weighted by Crippen LogP contribution is 2.18. The Morgan fingerprint density at radius 1 is 1.26 bits per heavy atom. The van der Waals surface area contributed by atoms with Gasteiger partial charge in [0.25, 0.3) is 0 Å². The molecule has 0 bridgehead atoms. The van der Waals surface area contributed by atoms with Crippen LogP contribution in [0.5, 0.6) is 0 Å². The van der Waals surface area contributed by atoms with Crippen molar-refractivity contribution in [1.29, 1.82) is 0 Å². The lowest BCUT2D eigenvalue weighted by molar-refractivity contribution is 0.120. The van der Waals surface area contributed by atoms with Gasteiger partial charge in [0.05, 0.1) is 12.6 Å². The molecular weight excluding hydrogens is 313 g/mol. The van der Waals surface area contributed by atoms with E-state index in [0.717, 1.165) is 5.76 Å². The summed E-state index contributed by atoms with van der Waals surface area (Å²) in [5, 5.41) is 10.1. The van der Waals surface area contributed by atoms with E-state index in [1.54, 1.807) is 12.1 Å². The minimum Gasteiger partial charge on any atom is -0.453 e. The van der Waals surface area contributed by atoms with Crippen LogP contribution in [0.2, 0.25) is 0 Å². The number of hydrogen-bond acceptors (Lipinski definition) is 3. The van der Waals surface area contributed by atoms with Crippen molar-refractivity contribution < 1.29 is 13.9 Å². The predicted molar refractivity (Wildman–Crippen MR) is 74.1 cm³/mol. The molecule has 1 heterocycles. The number of rotatable bonds is 5. The van der Waals surface area contributed by atoms with Gasteiger partial charge in [-0.3, -0.25) is 4.90 Å². The van der Waals surface area contributed by atoms with E-state index in [1.165, 1.54) is 12.1 Å². The van der Waals surface area contributed by atoms with Crippen LogP contribution >= 0.6 is 15.9 Å². The maximum absolute atomic E-state index is 12.8. The van der Waals surface area contributed by atoms with Crippen LogP contribution in [0.25, 0.3) is 0 Å². The second-order valence-electron chi connectivity index (χ2n) is 4.47. The first-order chi connectivity index (χ1) is 9.04. The topological polar surface area (TPSA) is 36.6 Å². The zero-order chi connectivity index (χ0) is 13.8. The molecule has 0 aliphatic rings. The number of halogens is 2. The second kappa shape index (κ2) is 6.32. The van der Waals surface area contributed by atoms with Gasteiger partial charge in [-0.25, -0.2) is 4.39 Å². The Morgan fingerprint density at radius 3 is 2.53 bits per heavy atom. The molecule has 0 spiro atoms. The summed E-state index contributed by atoms with van der Waals surface area (Å²) < 4.78 is 18.9. The van der Waals surface area contributed by atoms with Crippen molar-refractivity contribution in [3.8, 4) is 0 Å². The Morgan fingerprint density at radius 2 is 1.95 bits per heavy atom. The monoisotopic (exact) mass is 327 g/mol. The van der Waals surface area contributed by atoms with Gasteiger partial charge in [-0.2, -0.15) is 0 Å². The molecule has 1 N–H and O–H groups in total. The van der Waals surface area contributed by atoms with Crippen LogP contribution in [0, 0.1) is 5.82 Å². The fraction of sp³-hybridized carbons (Fsp3) is 0.286. The summed E-state index contributed by atoms with van der Waals surface area (Å²) in [5.74, 6) is 0.519. The normalized spacial score (nSPS) is 12.9. The van der Waals surface area contributed by atoms with Crippen LogP contribution in [-0.4, -0.2) is 23.6 Å². The Kier molecular flexibility index (Phi) is 4.74. The minimum atomic E-state index is -0.649. The summed E-state index contributed by atoms with van der Waals surface area (Å²) in [6, 6.07) is 9.60. The van der Waals surface area contributed by atoms with Crippen LogP contribution in [0.1, 0.15) is 17.4 Å². The molecule has 5 heteroatoms. The van der Waals surface area contributed by atoms with Crippen LogP contribution in [0.3, 0.4) is 0 Å². The highest BCUT2D eigenvalue weighted by atomic mass is 79.9. The summed E-state index contributed by atoms with van der Waals surface area (Å²) in [4.78, 5) is 1.94. The summed E-state index contributed by atoms with van der Waals surface area (Å²) in [5.41, 5.74) is 0.703. The lowest BCUT2D eigenvalue weighted by Crippen LogP contribution is -2.24. The van der Waals surface area contributed by atoms with Gasteiger partial charge in [0.15, 0.2) is 4.67 Å². The fourth-order valence-corrected chi connectivity index (χ4v) is 2.19. The number of benzene rings is 1. The molecule has 0 saturated heterocycles. The fourth-order valence-electron chi connectivity index (χ4n) is 1.85. The van der Waals surface area contributed by atoms with Crippen molar-refractivity contribution in [3.05, 3.63) is 58.2 Å². The predicted octanol–water partition coefficient (Wildman–Crippen LogP) is 3.35. The second-order valence-corrected chi connectivity index (χ2v) is 5.25. The number of furan rings is 1. The smallest absolute Gasteiger partial charge is 0.169 e. The Bertz CT molecular complexity index is 526. The zero-order valence-corrected chi connectivity index (χ0v) is 12.1. The van der Waals surface area contributed by atoms with Crippen molar-refractivity contribution in [2.75, 3.05) is 13.6 Å². The van der Waals surface area contributed by atoms with Gasteiger partial charge >= 0.3 is 0 Å². The van der Waals surface area contributed by atoms with E-state index in [2.05, 4.69) is 15.9 Å². The third-order valence-electron chi connectivity index (χ3n) is 2.79. The molecule has 0 aliphatic heterocycles. The van der Waals surface area contributed by atoms with Gasteiger partial charge in [-0.1, -0.05) is 12.1 Å². The molecule has 0 aliphatic carbocycles. The first-order valence-corrected chi connectivity index (χ1v) is 6.70. The van der Waals surface area contributed by atoms with Gasteiger partial charge in [-0.15, -0.1) is 0 Å². The van der Waals surface area contributed by atoms with E-state index in [4.69, 9.17) is 4.42 Å². The maximum Gasteiger partial charge on any atom is 0.169 e. The van der Waals surface area contributed by atoms with Crippen molar-refractivity contribution in [1.82, 2.24) is 4.90 Å². The van der Waals surface area contributed by atoms with Crippen molar-refractivity contribution in [2.24, 2.45) is 0 Å². The highest BCUT2D eigenvalue weighted by Gasteiger charge is 2.12. The third kappa shape index (κ3) is 4.16. The van der Waals surface area contributed by atoms with E-state index in [1.807, 2.05) is 24.1 Å². The third-order valence-corrected chi connectivity index (χ3v) is 3.22. The maximum atomic E-state index is 12.8. The molecule has 1 aromatic heterocycles. The van der Waals surface area contributed by atoms with E-state index < -0.39 is 6.10 Å². The minimum absolute atomic E-state index is 0.301. The lowest BCUT2D eigenvalue weighted by Gasteiger charge is -2.19. The SMILES string of the molecule is CN(Cc1ccc(Br)o1)CC(O)c1ccc(F)cc1. The number of nitrogens with zero attached hydrogens (tertiary/aromatic N) is 1. The summed E-state index contributed by atoms with van der Waals surface area (Å²) in [7, 11) is 1.89. The molecule has 19 heavy (non-hydrogen) atoms. The van der Waals surface area contributed by atoms with E-state index in [0.29, 0.717) is 23.3 Å². The van der Waals surface area contributed by atoms with Gasteiger partial charge in [0.2, 0.25) is 0 Å². The van der Waals surface area contributed by atoms with Gasteiger partial charge in [-0.05, 0) is 52.8 Å². The summed E-state index contributed by atoms with van der Waals surface area (Å²) in [6.07, 6.45) is -0.649. The van der Waals surface area contributed by atoms with Gasteiger partial charge in [0, 0.05) is 6.54 Å². The molecule has 0 amide bonds. The first kappa shape index (κ1) is 14.2. The molecule has 0 saturated carbocycles. The molecule has 1 unspecified atom stereocenters. The van der Waals surface area contributed by atoms with Crippen LogP contribution in [0.4, 0.5) is 4.39 Å². The number of aliphatic hydroxyl groups excluding tert-OH is 1. The van der Waals surface area contributed by atoms with Crippen LogP contribution < -0.4 is 0 Å². The van der Waals surface area contributed by atoms with E-state index in [-0.39, 0.29) is 5.82 Å². The molecule has 2 rings (SSSR count). The Balaban J connectivity index is 1.91.